The quantitative estimate of drug-likeness (QED) is 0.369. The molecule has 0 fully saturated rings. The third-order valence-corrected chi connectivity index (χ3v) is 7.40. The van der Waals surface area contributed by atoms with E-state index in [0.29, 0.717) is 22.2 Å². The Morgan fingerprint density at radius 1 is 1.25 bits per heavy atom. The van der Waals surface area contributed by atoms with E-state index in [2.05, 4.69) is 0 Å². The average Bonchev–Trinajstić information content (AvgIpc) is 3.32. The van der Waals surface area contributed by atoms with Crippen molar-refractivity contribution in [1.82, 2.24) is 9.55 Å². The van der Waals surface area contributed by atoms with Gasteiger partial charge < -0.3 is 9.47 Å². The second kappa shape index (κ2) is 6.93. The number of hydrogen-bond donors (Lipinski definition) is 0. The van der Waals surface area contributed by atoms with Crippen molar-refractivity contribution in [1.29, 1.82) is 0 Å². The minimum Gasteiger partial charge on any atom is -0.454 e. The van der Waals surface area contributed by atoms with Gasteiger partial charge in [-0.2, -0.15) is 0 Å². The highest BCUT2D eigenvalue weighted by Crippen LogP contribution is 2.35. The summed E-state index contributed by atoms with van der Waals surface area (Å²) in [6.45, 7) is 0.179. The first-order valence-corrected chi connectivity index (χ1v) is 11.0. The number of thiophene rings is 1. The van der Waals surface area contributed by atoms with E-state index in [1.165, 1.54) is 28.6 Å². The van der Waals surface area contributed by atoms with E-state index >= 15 is 0 Å². The van der Waals surface area contributed by atoms with E-state index in [-0.39, 0.29) is 23.9 Å². The van der Waals surface area contributed by atoms with Crippen LogP contribution < -0.4 is 15.0 Å². The van der Waals surface area contributed by atoms with E-state index in [1.807, 2.05) is 0 Å². The summed E-state index contributed by atoms with van der Waals surface area (Å²) in [6, 6.07) is 5.18. The molecule has 6 nitrogen and oxygen atoms in total. The van der Waals surface area contributed by atoms with Crippen molar-refractivity contribution in [2.75, 3.05) is 12.5 Å². The Morgan fingerprint density at radius 2 is 2.07 bits per heavy atom. The van der Waals surface area contributed by atoms with Crippen LogP contribution in [-0.4, -0.2) is 27.9 Å². The predicted octanol–water partition coefficient (Wildman–Crippen LogP) is 3.58. The Bertz CT molecular complexity index is 1170. The first-order valence-electron chi connectivity index (χ1n) is 9.19. The molecule has 0 atom stereocenters. The number of thioether (sulfide) groups is 1. The SMILES string of the molecule is Cn1c(SCC(=O)c2ccc3c(c2)OCO3)nc2sc3c(c2c1=O)CCCC3. The van der Waals surface area contributed by atoms with Crippen molar-refractivity contribution in [3.05, 3.63) is 44.6 Å². The van der Waals surface area contributed by atoms with Crippen LogP contribution in [0.3, 0.4) is 0 Å². The van der Waals surface area contributed by atoms with Gasteiger partial charge in [0, 0.05) is 17.5 Å². The van der Waals surface area contributed by atoms with Gasteiger partial charge in [0.15, 0.2) is 22.4 Å². The molecule has 0 saturated carbocycles. The van der Waals surface area contributed by atoms with Crippen LogP contribution in [0.4, 0.5) is 0 Å². The topological polar surface area (TPSA) is 70.4 Å². The normalized spacial score (nSPS) is 15.0. The third kappa shape index (κ3) is 2.91. The number of hydrogen-bond acceptors (Lipinski definition) is 7. The lowest BCUT2D eigenvalue weighted by Gasteiger charge is -2.10. The zero-order valence-electron chi connectivity index (χ0n) is 15.3. The van der Waals surface area contributed by atoms with Gasteiger partial charge in [-0.05, 0) is 49.4 Å². The summed E-state index contributed by atoms with van der Waals surface area (Å²) in [5.74, 6) is 1.41. The number of aromatic nitrogens is 2. The number of ether oxygens (including phenoxy) is 2. The van der Waals surface area contributed by atoms with Crippen molar-refractivity contribution in [2.45, 2.75) is 30.8 Å². The molecule has 1 aromatic carbocycles. The summed E-state index contributed by atoms with van der Waals surface area (Å²) < 4.78 is 12.2. The first-order chi connectivity index (χ1) is 13.6. The Labute approximate surface area is 169 Å². The Balaban J connectivity index is 1.41. The van der Waals surface area contributed by atoms with Crippen LogP contribution in [0.25, 0.3) is 10.2 Å². The molecule has 0 N–H and O–H groups in total. The molecule has 28 heavy (non-hydrogen) atoms. The molecule has 1 aliphatic carbocycles. The fourth-order valence-corrected chi connectivity index (χ4v) is 5.85. The van der Waals surface area contributed by atoms with Gasteiger partial charge in [-0.3, -0.25) is 14.2 Å². The maximum atomic E-state index is 12.9. The van der Waals surface area contributed by atoms with E-state index in [1.54, 1.807) is 41.2 Å². The number of fused-ring (bicyclic) bond motifs is 4. The van der Waals surface area contributed by atoms with E-state index in [0.717, 1.165) is 29.5 Å². The van der Waals surface area contributed by atoms with Crippen molar-refractivity contribution < 1.29 is 14.3 Å². The van der Waals surface area contributed by atoms with Gasteiger partial charge in [0.2, 0.25) is 6.79 Å². The molecule has 2 aromatic heterocycles. The van der Waals surface area contributed by atoms with Gasteiger partial charge in [-0.15, -0.1) is 11.3 Å². The van der Waals surface area contributed by atoms with Crippen LogP contribution in [0.1, 0.15) is 33.6 Å². The molecule has 0 saturated heterocycles. The second-order valence-corrected chi connectivity index (χ2v) is 8.96. The molecule has 8 heteroatoms. The highest BCUT2D eigenvalue weighted by Gasteiger charge is 2.22. The van der Waals surface area contributed by atoms with Crippen LogP contribution in [-0.2, 0) is 19.9 Å². The molecular weight excluding hydrogens is 396 g/mol. The largest absolute Gasteiger partial charge is 0.454 e. The summed E-state index contributed by atoms with van der Waals surface area (Å²) in [5, 5.41) is 1.35. The number of carbonyl (C=O) groups is 1. The summed E-state index contributed by atoms with van der Waals surface area (Å²) >= 11 is 2.92. The van der Waals surface area contributed by atoms with Crippen molar-refractivity contribution >= 4 is 39.1 Å². The Morgan fingerprint density at radius 3 is 2.96 bits per heavy atom. The van der Waals surface area contributed by atoms with Crippen molar-refractivity contribution in [3.8, 4) is 11.5 Å². The monoisotopic (exact) mass is 414 g/mol. The molecule has 0 spiro atoms. The maximum Gasteiger partial charge on any atom is 0.262 e. The van der Waals surface area contributed by atoms with Gasteiger partial charge in [0.1, 0.15) is 4.83 Å². The maximum absolute atomic E-state index is 12.9. The fourth-order valence-electron chi connectivity index (χ4n) is 3.68. The van der Waals surface area contributed by atoms with Crippen LogP contribution in [0.15, 0.2) is 28.2 Å². The minimum absolute atomic E-state index is 0.0116. The number of nitrogens with zero attached hydrogens (tertiary/aromatic N) is 2. The number of ketones is 1. The molecule has 1 aliphatic heterocycles. The number of benzene rings is 1. The highest BCUT2D eigenvalue weighted by molar-refractivity contribution is 7.99. The van der Waals surface area contributed by atoms with Gasteiger partial charge in [0.05, 0.1) is 11.1 Å². The van der Waals surface area contributed by atoms with Crippen LogP contribution in [0.2, 0.25) is 0 Å². The first kappa shape index (κ1) is 17.8. The average molecular weight is 415 g/mol. The predicted molar refractivity (Wildman–Crippen MR) is 109 cm³/mol. The number of carbonyl (C=O) groups excluding carboxylic acids is 1. The summed E-state index contributed by atoms with van der Waals surface area (Å²) in [6.07, 6.45) is 4.29. The minimum atomic E-state index is -0.0388. The second-order valence-electron chi connectivity index (χ2n) is 6.93. The molecule has 3 heterocycles. The van der Waals surface area contributed by atoms with E-state index < -0.39 is 0 Å². The lowest BCUT2D eigenvalue weighted by Crippen LogP contribution is -2.21. The zero-order chi connectivity index (χ0) is 19.3. The molecule has 2 aliphatic rings. The number of Topliss-reactive ketones (excluding diaryl/α,β-unsaturated/α-hetero) is 1. The smallest absolute Gasteiger partial charge is 0.262 e. The standard InChI is InChI=1S/C20H18N2O4S2/c1-22-19(24)17-12-4-2-3-5-16(12)28-18(17)21-20(22)27-9-13(23)11-6-7-14-15(8-11)26-10-25-14/h6-8H,2-5,9-10H2,1H3. The van der Waals surface area contributed by atoms with E-state index in [4.69, 9.17) is 14.5 Å². The van der Waals surface area contributed by atoms with Crippen LogP contribution in [0, 0.1) is 0 Å². The lowest BCUT2D eigenvalue weighted by atomic mass is 9.97. The van der Waals surface area contributed by atoms with Crippen molar-refractivity contribution in [2.24, 2.45) is 7.05 Å². The molecule has 0 bridgehead atoms. The van der Waals surface area contributed by atoms with Gasteiger partial charge in [-0.1, -0.05) is 11.8 Å². The molecule has 0 radical (unpaired) electrons. The summed E-state index contributed by atoms with van der Waals surface area (Å²) in [7, 11) is 1.73. The highest BCUT2D eigenvalue weighted by atomic mass is 32.2. The number of aryl methyl sites for hydroxylation is 2. The van der Waals surface area contributed by atoms with Gasteiger partial charge in [0.25, 0.3) is 5.56 Å². The molecule has 3 aromatic rings. The fraction of sp³-hybridized carbons (Fsp3) is 0.350. The van der Waals surface area contributed by atoms with Crippen molar-refractivity contribution in [3.63, 3.8) is 0 Å². The van der Waals surface area contributed by atoms with Crippen LogP contribution in [0.5, 0.6) is 11.5 Å². The van der Waals surface area contributed by atoms with Gasteiger partial charge in [-0.25, -0.2) is 4.98 Å². The zero-order valence-corrected chi connectivity index (χ0v) is 17.0. The number of rotatable bonds is 4. The third-order valence-electron chi connectivity index (χ3n) is 5.18. The molecule has 5 rings (SSSR count). The molecule has 0 amide bonds. The lowest BCUT2D eigenvalue weighted by molar-refractivity contribution is 0.102. The molecule has 144 valence electrons. The molecule has 0 unspecified atom stereocenters. The Kier molecular flexibility index (Phi) is 4.40. The Hall–Kier alpha value is -2.32. The van der Waals surface area contributed by atoms with Crippen LogP contribution >= 0.6 is 23.1 Å². The summed E-state index contributed by atoms with van der Waals surface area (Å²) in [4.78, 5) is 32.3. The molecular formula is C20H18N2O4S2. The van der Waals surface area contributed by atoms with Gasteiger partial charge >= 0.3 is 0 Å². The van der Waals surface area contributed by atoms with E-state index in [9.17, 15) is 9.59 Å². The summed E-state index contributed by atoms with van der Waals surface area (Å²) in [5.41, 5.74) is 1.74.